The molecule has 2 atom stereocenters. The number of fused-ring (bicyclic) bond motifs is 3. The number of hydrogen-bond donors (Lipinski definition) is 1. The number of ether oxygens (including phenoxy) is 4. The van der Waals surface area contributed by atoms with Crippen LogP contribution in [-0.4, -0.2) is 33.6 Å². The second-order valence-corrected chi connectivity index (χ2v) is 6.40. The average molecular weight is 377 g/mol. The van der Waals surface area contributed by atoms with Gasteiger partial charge in [-0.2, -0.15) is 5.26 Å². The summed E-state index contributed by atoms with van der Waals surface area (Å²) < 4.78 is 22.3. The van der Waals surface area contributed by atoms with E-state index in [0.29, 0.717) is 22.8 Å². The molecule has 2 unspecified atom stereocenters. The Balaban J connectivity index is 1.92. The Bertz CT molecular complexity index is 1020. The van der Waals surface area contributed by atoms with Gasteiger partial charge in [-0.3, -0.25) is 4.99 Å². The van der Waals surface area contributed by atoms with Crippen LogP contribution in [0, 0.1) is 11.3 Å². The van der Waals surface area contributed by atoms with E-state index in [4.69, 9.17) is 24.7 Å². The average Bonchev–Trinajstić information content (AvgIpc) is 3.21. The summed E-state index contributed by atoms with van der Waals surface area (Å²) in [7, 11) is 4.66. The Hall–Kier alpha value is -3.66. The van der Waals surface area contributed by atoms with Gasteiger partial charge in [-0.05, 0) is 35.4 Å². The number of allylic oxidation sites excluding steroid dienone is 4. The lowest BCUT2D eigenvalue weighted by molar-refractivity contribution is 0.151. The van der Waals surface area contributed by atoms with Gasteiger partial charge in [0.25, 0.3) is 0 Å². The first kappa shape index (κ1) is 17.7. The molecule has 0 fully saturated rings. The summed E-state index contributed by atoms with van der Waals surface area (Å²) in [4.78, 5) is 4.33. The molecule has 4 rings (SSSR count). The van der Waals surface area contributed by atoms with Gasteiger partial charge in [-0.1, -0.05) is 6.08 Å². The van der Waals surface area contributed by atoms with Crippen molar-refractivity contribution in [2.75, 3.05) is 21.3 Å². The molecule has 0 amide bonds. The molecular weight excluding hydrogens is 358 g/mol. The molecule has 1 aliphatic carbocycles. The molecule has 0 aromatic heterocycles. The molecule has 3 aliphatic rings. The molecule has 0 bridgehead atoms. The molecule has 0 radical (unpaired) electrons. The highest BCUT2D eigenvalue weighted by Gasteiger charge is 2.40. The molecule has 28 heavy (non-hydrogen) atoms. The topological polar surface area (TPSA) is 99.1 Å². The highest BCUT2D eigenvalue weighted by atomic mass is 16.5. The maximum Gasteiger partial charge on any atom is 0.203 e. The molecule has 0 saturated carbocycles. The lowest BCUT2D eigenvalue weighted by Crippen LogP contribution is -2.33. The van der Waals surface area contributed by atoms with E-state index in [0.717, 1.165) is 22.4 Å². The fourth-order valence-corrected chi connectivity index (χ4v) is 3.79. The number of nitrogens with two attached hydrogens (primary N) is 1. The van der Waals surface area contributed by atoms with Crippen LogP contribution in [0.5, 0.6) is 17.2 Å². The van der Waals surface area contributed by atoms with Crippen LogP contribution in [0.25, 0.3) is 0 Å². The monoisotopic (exact) mass is 377 g/mol. The van der Waals surface area contributed by atoms with Crippen molar-refractivity contribution >= 4 is 6.21 Å². The van der Waals surface area contributed by atoms with Crippen molar-refractivity contribution in [2.45, 2.75) is 12.0 Å². The highest BCUT2D eigenvalue weighted by Crippen LogP contribution is 2.48. The molecule has 2 aliphatic heterocycles. The first-order chi connectivity index (χ1) is 13.6. The summed E-state index contributed by atoms with van der Waals surface area (Å²) in [5, 5.41) is 9.79. The number of rotatable bonds is 4. The van der Waals surface area contributed by atoms with Gasteiger partial charge < -0.3 is 24.7 Å². The fraction of sp³-hybridized carbons (Fsp3) is 0.238. The second-order valence-electron chi connectivity index (χ2n) is 6.40. The van der Waals surface area contributed by atoms with E-state index < -0.39 is 12.0 Å². The normalized spacial score (nSPS) is 22.1. The van der Waals surface area contributed by atoms with Crippen LogP contribution in [0.2, 0.25) is 0 Å². The number of hydrogen-bond acceptors (Lipinski definition) is 7. The Morgan fingerprint density at radius 2 is 1.79 bits per heavy atom. The third-order valence-electron chi connectivity index (χ3n) is 5.06. The minimum Gasteiger partial charge on any atom is -0.493 e. The number of nitrogens with zero attached hydrogens (tertiary/aromatic N) is 2. The zero-order valence-corrected chi connectivity index (χ0v) is 15.7. The van der Waals surface area contributed by atoms with E-state index in [1.165, 1.54) is 0 Å². The molecule has 1 aromatic carbocycles. The van der Waals surface area contributed by atoms with E-state index in [1.807, 2.05) is 30.4 Å². The predicted molar refractivity (Wildman–Crippen MR) is 103 cm³/mol. The van der Waals surface area contributed by atoms with Crippen LogP contribution >= 0.6 is 0 Å². The third kappa shape index (κ3) is 2.54. The second kappa shape index (κ2) is 6.82. The largest absolute Gasteiger partial charge is 0.493 e. The van der Waals surface area contributed by atoms with Crippen molar-refractivity contribution in [1.82, 2.24) is 0 Å². The van der Waals surface area contributed by atoms with Crippen molar-refractivity contribution in [3.63, 3.8) is 0 Å². The van der Waals surface area contributed by atoms with E-state index in [9.17, 15) is 5.26 Å². The van der Waals surface area contributed by atoms with Gasteiger partial charge in [0.2, 0.25) is 5.75 Å². The third-order valence-corrected chi connectivity index (χ3v) is 5.06. The fourth-order valence-electron chi connectivity index (χ4n) is 3.79. The van der Waals surface area contributed by atoms with Gasteiger partial charge in [0.1, 0.15) is 17.7 Å². The zero-order chi connectivity index (χ0) is 19.8. The molecule has 0 saturated heterocycles. The molecule has 2 heterocycles. The first-order valence-corrected chi connectivity index (χ1v) is 8.65. The first-order valence-electron chi connectivity index (χ1n) is 8.65. The van der Waals surface area contributed by atoms with E-state index in [2.05, 4.69) is 11.1 Å². The van der Waals surface area contributed by atoms with Gasteiger partial charge in [0.15, 0.2) is 17.4 Å². The molecular formula is C21H19N3O4. The smallest absolute Gasteiger partial charge is 0.203 e. The Kier molecular flexibility index (Phi) is 4.32. The van der Waals surface area contributed by atoms with Gasteiger partial charge in [-0.15, -0.1) is 0 Å². The molecule has 7 nitrogen and oxygen atoms in total. The Morgan fingerprint density at radius 3 is 2.39 bits per heavy atom. The molecule has 1 aromatic rings. The van der Waals surface area contributed by atoms with Crippen molar-refractivity contribution in [2.24, 2.45) is 10.7 Å². The van der Waals surface area contributed by atoms with Crippen LogP contribution in [0.1, 0.15) is 11.5 Å². The van der Waals surface area contributed by atoms with E-state index in [-0.39, 0.29) is 5.88 Å². The summed E-state index contributed by atoms with van der Waals surface area (Å²) in [6.07, 6.45) is 7.10. The quantitative estimate of drug-likeness (QED) is 0.866. The van der Waals surface area contributed by atoms with Crippen molar-refractivity contribution in [3.8, 4) is 23.3 Å². The molecule has 142 valence electrons. The summed E-state index contributed by atoms with van der Waals surface area (Å²) in [5.41, 5.74) is 9.94. The van der Waals surface area contributed by atoms with Crippen molar-refractivity contribution in [1.29, 1.82) is 5.26 Å². The predicted octanol–water partition coefficient (Wildman–Crippen LogP) is 2.72. The maximum absolute atomic E-state index is 9.79. The zero-order valence-electron chi connectivity index (χ0n) is 15.7. The van der Waals surface area contributed by atoms with Gasteiger partial charge >= 0.3 is 0 Å². The lowest BCUT2D eigenvalue weighted by atomic mass is 9.76. The minimum absolute atomic E-state index is 0.109. The number of methoxy groups -OCH3 is 3. The molecule has 2 N–H and O–H groups in total. The minimum atomic E-state index is -0.406. The summed E-state index contributed by atoms with van der Waals surface area (Å²) in [6.45, 7) is 0. The van der Waals surface area contributed by atoms with E-state index >= 15 is 0 Å². The van der Waals surface area contributed by atoms with E-state index in [1.54, 1.807) is 27.5 Å². The molecule has 7 heteroatoms. The van der Waals surface area contributed by atoms with Crippen LogP contribution < -0.4 is 19.9 Å². The number of aliphatic imine (C=N–C) groups is 1. The van der Waals surface area contributed by atoms with Crippen molar-refractivity contribution in [3.05, 3.63) is 64.2 Å². The maximum atomic E-state index is 9.79. The Morgan fingerprint density at radius 1 is 1.07 bits per heavy atom. The summed E-state index contributed by atoms with van der Waals surface area (Å²) in [6, 6.07) is 5.87. The summed E-state index contributed by atoms with van der Waals surface area (Å²) in [5.74, 6) is 1.20. The van der Waals surface area contributed by atoms with Crippen LogP contribution in [0.3, 0.4) is 0 Å². The summed E-state index contributed by atoms with van der Waals surface area (Å²) >= 11 is 0. The SMILES string of the molecule is COc1cc(C2C3=CC=C4N=CC=C4C3OC(N)=C2C#N)cc(OC)c1OC. The van der Waals surface area contributed by atoms with Crippen LogP contribution in [0.4, 0.5) is 0 Å². The number of nitriles is 1. The van der Waals surface area contributed by atoms with Gasteiger partial charge in [0, 0.05) is 17.7 Å². The standard InChI is InChI=1S/C21H19N3O4/c1-25-16-8-11(9-17(26-2)20(16)27-3)18-13-4-5-15-12(6-7-24-15)19(13)28-21(23)14(18)10-22/h4-9,18-19H,23H2,1-3H3. The van der Waals surface area contributed by atoms with Crippen LogP contribution in [-0.2, 0) is 4.74 Å². The Labute approximate surface area is 162 Å². The van der Waals surface area contributed by atoms with Crippen LogP contribution in [0.15, 0.2) is 63.7 Å². The van der Waals surface area contributed by atoms with Gasteiger partial charge in [-0.25, -0.2) is 0 Å². The number of benzene rings is 1. The van der Waals surface area contributed by atoms with Gasteiger partial charge in [0.05, 0.1) is 27.0 Å². The van der Waals surface area contributed by atoms with Crippen molar-refractivity contribution < 1.29 is 18.9 Å². The highest BCUT2D eigenvalue weighted by molar-refractivity contribution is 5.81. The lowest BCUT2D eigenvalue weighted by Gasteiger charge is -2.36. The molecule has 0 spiro atoms.